The van der Waals surface area contributed by atoms with E-state index >= 15 is 0 Å². The first kappa shape index (κ1) is 26.5. The molecule has 0 fully saturated rings. The quantitative estimate of drug-likeness (QED) is 0.262. The van der Waals surface area contributed by atoms with Crippen LogP contribution in [0.4, 0.5) is 24.5 Å². The van der Waals surface area contributed by atoms with Gasteiger partial charge in [0.25, 0.3) is 11.8 Å². The van der Waals surface area contributed by atoms with Crippen molar-refractivity contribution in [1.82, 2.24) is 0 Å². The highest BCUT2D eigenvalue weighted by Gasteiger charge is 2.30. The standard InChI is InChI=1S/C26H19BrF3N3O3/c1-16-5-8-21(9-6-16)32-24(34)15-36-23-10-7-20(27)12-17(23)11-18(14-31)25(35)33-22-4-2-3-19(13-22)26(28,29)30/h2-13H,15H2,1H3,(H,32,34)(H,33,35)/b18-11+. The fourth-order valence-corrected chi connectivity index (χ4v) is 3.40. The van der Waals surface area contributed by atoms with E-state index in [0.29, 0.717) is 15.7 Å². The van der Waals surface area contributed by atoms with Crippen LogP contribution in [0.5, 0.6) is 5.75 Å². The molecular weight excluding hydrogens is 539 g/mol. The predicted octanol–water partition coefficient (Wildman–Crippen LogP) is 6.34. The molecule has 0 aliphatic rings. The van der Waals surface area contributed by atoms with Gasteiger partial charge in [0.1, 0.15) is 17.4 Å². The van der Waals surface area contributed by atoms with Crippen LogP contribution in [0.25, 0.3) is 6.08 Å². The predicted molar refractivity (Wildman–Crippen MR) is 133 cm³/mol. The van der Waals surface area contributed by atoms with Gasteiger partial charge in [0.05, 0.1) is 5.56 Å². The number of halogens is 4. The van der Waals surface area contributed by atoms with Crippen LogP contribution in [0.2, 0.25) is 0 Å². The third-order valence-corrected chi connectivity index (χ3v) is 5.27. The molecule has 3 aromatic rings. The molecule has 10 heteroatoms. The van der Waals surface area contributed by atoms with Gasteiger partial charge in [-0.15, -0.1) is 0 Å². The molecule has 0 saturated carbocycles. The first-order valence-corrected chi connectivity index (χ1v) is 11.2. The van der Waals surface area contributed by atoms with Gasteiger partial charge in [0.15, 0.2) is 6.61 Å². The normalized spacial score (nSPS) is 11.4. The maximum Gasteiger partial charge on any atom is 0.416 e. The number of alkyl halides is 3. The lowest BCUT2D eigenvalue weighted by Crippen LogP contribution is -2.20. The van der Waals surface area contributed by atoms with Crippen molar-refractivity contribution in [3.63, 3.8) is 0 Å². The Morgan fingerprint density at radius 3 is 2.42 bits per heavy atom. The summed E-state index contributed by atoms with van der Waals surface area (Å²) in [5.74, 6) is -1.10. The minimum Gasteiger partial charge on any atom is -0.483 e. The smallest absolute Gasteiger partial charge is 0.416 e. The molecule has 0 bridgehead atoms. The Morgan fingerprint density at radius 2 is 1.75 bits per heavy atom. The lowest BCUT2D eigenvalue weighted by Gasteiger charge is -2.12. The number of ether oxygens (including phenoxy) is 1. The number of carbonyl (C=O) groups is 2. The zero-order valence-corrected chi connectivity index (χ0v) is 20.4. The Balaban J connectivity index is 1.75. The van der Waals surface area contributed by atoms with E-state index in [-0.39, 0.29) is 23.6 Å². The highest BCUT2D eigenvalue weighted by molar-refractivity contribution is 9.10. The number of rotatable bonds is 7. The molecule has 2 N–H and O–H groups in total. The van der Waals surface area contributed by atoms with Crippen LogP contribution < -0.4 is 15.4 Å². The Bertz CT molecular complexity index is 1350. The van der Waals surface area contributed by atoms with Crippen molar-refractivity contribution >= 4 is 45.2 Å². The average Bonchev–Trinajstić information content (AvgIpc) is 2.83. The zero-order chi connectivity index (χ0) is 26.3. The van der Waals surface area contributed by atoms with E-state index < -0.39 is 23.6 Å². The molecular formula is C26H19BrF3N3O3. The molecule has 0 radical (unpaired) electrons. The number of amides is 2. The zero-order valence-electron chi connectivity index (χ0n) is 18.8. The van der Waals surface area contributed by atoms with Gasteiger partial charge < -0.3 is 15.4 Å². The Morgan fingerprint density at radius 1 is 1.03 bits per heavy atom. The van der Waals surface area contributed by atoms with Crippen molar-refractivity contribution in [2.75, 3.05) is 17.2 Å². The van der Waals surface area contributed by atoms with Crippen molar-refractivity contribution < 1.29 is 27.5 Å². The van der Waals surface area contributed by atoms with E-state index in [1.165, 1.54) is 12.1 Å². The van der Waals surface area contributed by atoms with Crippen molar-refractivity contribution in [3.8, 4) is 11.8 Å². The second-order valence-corrected chi connectivity index (χ2v) is 8.50. The summed E-state index contributed by atoms with van der Waals surface area (Å²) in [4.78, 5) is 24.9. The van der Waals surface area contributed by atoms with Gasteiger partial charge in [-0.3, -0.25) is 9.59 Å². The lowest BCUT2D eigenvalue weighted by atomic mass is 10.1. The molecule has 2 amide bonds. The van der Waals surface area contributed by atoms with Crippen LogP contribution in [0, 0.1) is 18.3 Å². The molecule has 6 nitrogen and oxygen atoms in total. The van der Waals surface area contributed by atoms with E-state index in [0.717, 1.165) is 23.8 Å². The maximum absolute atomic E-state index is 12.9. The fourth-order valence-electron chi connectivity index (χ4n) is 3.02. The highest BCUT2D eigenvalue weighted by Crippen LogP contribution is 2.31. The van der Waals surface area contributed by atoms with Gasteiger partial charge in [0, 0.05) is 21.4 Å². The van der Waals surface area contributed by atoms with Gasteiger partial charge in [-0.05, 0) is 61.5 Å². The van der Waals surface area contributed by atoms with Crippen LogP contribution in [0.15, 0.2) is 76.8 Å². The Hall–Kier alpha value is -4.10. The topological polar surface area (TPSA) is 91.2 Å². The Kier molecular flexibility index (Phi) is 8.51. The SMILES string of the molecule is Cc1ccc(NC(=O)COc2ccc(Br)cc2/C=C(\C#N)C(=O)Nc2cccc(C(F)(F)F)c2)cc1. The summed E-state index contributed by atoms with van der Waals surface area (Å²) in [6.07, 6.45) is -3.36. The number of nitrogens with one attached hydrogen (secondary N) is 2. The maximum atomic E-state index is 12.9. The average molecular weight is 558 g/mol. The van der Waals surface area contributed by atoms with Crippen LogP contribution in [-0.4, -0.2) is 18.4 Å². The van der Waals surface area contributed by atoms with Gasteiger partial charge in [-0.1, -0.05) is 39.7 Å². The van der Waals surface area contributed by atoms with Gasteiger partial charge in [-0.2, -0.15) is 18.4 Å². The summed E-state index contributed by atoms with van der Waals surface area (Å²) in [5, 5.41) is 14.5. The van der Waals surface area contributed by atoms with E-state index in [4.69, 9.17) is 4.74 Å². The fraction of sp³-hybridized carbons (Fsp3) is 0.115. The first-order valence-electron chi connectivity index (χ1n) is 10.4. The minimum atomic E-state index is -4.58. The Labute approximate surface area is 213 Å². The van der Waals surface area contributed by atoms with Gasteiger partial charge in [-0.25, -0.2) is 0 Å². The summed E-state index contributed by atoms with van der Waals surface area (Å²) >= 11 is 3.30. The molecule has 0 aliphatic carbocycles. The van der Waals surface area contributed by atoms with Crippen LogP contribution in [-0.2, 0) is 15.8 Å². The number of aryl methyl sites for hydroxylation is 1. The molecule has 3 aromatic carbocycles. The van der Waals surface area contributed by atoms with Crippen molar-refractivity contribution in [1.29, 1.82) is 5.26 Å². The second kappa shape index (κ2) is 11.6. The van der Waals surface area contributed by atoms with Crippen LogP contribution in [0.1, 0.15) is 16.7 Å². The number of benzene rings is 3. The number of carbonyl (C=O) groups excluding carboxylic acids is 2. The van der Waals surface area contributed by atoms with E-state index in [2.05, 4.69) is 26.6 Å². The summed E-state index contributed by atoms with van der Waals surface area (Å²) in [7, 11) is 0. The third-order valence-electron chi connectivity index (χ3n) is 4.78. The second-order valence-electron chi connectivity index (χ2n) is 7.59. The molecule has 0 atom stereocenters. The first-order chi connectivity index (χ1) is 17.0. The molecule has 0 spiro atoms. The molecule has 36 heavy (non-hydrogen) atoms. The van der Waals surface area contributed by atoms with E-state index in [9.17, 15) is 28.0 Å². The van der Waals surface area contributed by atoms with E-state index in [1.807, 2.05) is 19.1 Å². The van der Waals surface area contributed by atoms with Crippen molar-refractivity contribution in [2.24, 2.45) is 0 Å². The number of anilines is 2. The molecule has 0 aromatic heterocycles. The molecule has 0 saturated heterocycles. The number of nitriles is 1. The number of hydrogen-bond donors (Lipinski definition) is 2. The van der Waals surface area contributed by atoms with Gasteiger partial charge >= 0.3 is 6.18 Å². The van der Waals surface area contributed by atoms with Crippen molar-refractivity contribution in [2.45, 2.75) is 13.1 Å². The largest absolute Gasteiger partial charge is 0.483 e. The van der Waals surface area contributed by atoms with Crippen LogP contribution in [0.3, 0.4) is 0 Å². The summed E-state index contributed by atoms with van der Waals surface area (Å²) in [5.41, 5.74) is 0.524. The molecule has 0 aliphatic heterocycles. The number of hydrogen-bond acceptors (Lipinski definition) is 4. The molecule has 3 rings (SSSR count). The number of nitrogens with zero attached hydrogens (tertiary/aromatic N) is 1. The molecule has 0 heterocycles. The van der Waals surface area contributed by atoms with Crippen molar-refractivity contribution in [3.05, 3.63) is 93.5 Å². The molecule has 0 unspecified atom stereocenters. The van der Waals surface area contributed by atoms with Gasteiger partial charge in [0.2, 0.25) is 0 Å². The lowest BCUT2D eigenvalue weighted by molar-refractivity contribution is -0.137. The van der Waals surface area contributed by atoms with Crippen LogP contribution >= 0.6 is 15.9 Å². The molecule has 184 valence electrons. The highest BCUT2D eigenvalue weighted by atomic mass is 79.9. The van der Waals surface area contributed by atoms with E-state index in [1.54, 1.807) is 36.4 Å². The summed E-state index contributed by atoms with van der Waals surface area (Å²) in [6.45, 7) is 1.58. The monoisotopic (exact) mass is 557 g/mol. The summed E-state index contributed by atoms with van der Waals surface area (Å²) < 4.78 is 45.0. The third kappa shape index (κ3) is 7.45. The minimum absolute atomic E-state index is 0.116. The summed E-state index contributed by atoms with van der Waals surface area (Å²) in [6, 6.07) is 17.8.